The lowest BCUT2D eigenvalue weighted by molar-refractivity contribution is 0.297. The number of aromatic amines is 1. The largest absolute Gasteiger partial charge is 0.370 e. The minimum Gasteiger partial charge on any atom is -0.370 e. The number of aryl methyl sites for hydroxylation is 1. The second kappa shape index (κ2) is 6.76. The van der Waals surface area contributed by atoms with Gasteiger partial charge in [-0.15, -0.1) is 0 Å². The van der Waals surface area contributed by atoms with E-state index in [1.165, 1.54) is 29.8 Å². The van der Waals surface area contributed by atoms with E-state index in [0.29, 0.717) is 0 Å². The Labute approximate surface area is 126 Å². The second-order valence-corrected chi connectivity index (χ2v) is 5.83. The molecule has 1 fully saturated rings. The summed E-state index contributed by atoms with van der Waals surface area (Å²) < 4.78 is 0. The number of H-pyrrole nitrogens is 1. The van der Waals surface area contributed by atoms with Crippen molar-refractivity contribution in [2.24, 2.45) is 0 Å². The first-order chi connectivity index (χ1) is 10.3. The van der Waals surface area contributed by atoms with Gasteiger partial charge >= 0.3 is 0 Å². The Bertz CT molecular complexity index is 550. The third kappa shape index (κ3) is 3.64. The van der Waals surface area contributed by atoms with E-state index in [4.69, 9.17) is 0 Å². The molecule has 1 saturated heterocycles. The SMILES string of the molecule is Cc1ccccc1N1CCCN(CCc2cn[nH]c2)CC1. The number of hydrogen-bond acceptors (Lipinski definition) is 3. The molecule has 0 unspecified atom stereocenters. The monoisotopic (exact) mass is 284 g/mol. The molecule has 2 aromatic rings. The average Bonchev–Trinajstić information content (AvgIpc) is 2.91. The molecule has 0 bridgehead atoms. The summed E-state index contributed by atoms with van der Waals surface area (Å²) >= 11 is 0. The highest BCUT2D eigenvalue weighted by molar-refractivity contribution is 5.53. The molecular formula is C17H24N4. The van der Waals surface area contributed by atoms with Crippen LogP contribution in [-0.2, 0) is 6.42 Å². The zero-order valence-corrected chi connectivity index (χ0v) is 12.8. The normalized spacial score (nSPS) is 16.9. The van der Waals surface area contributed by atoms with Crippen molar-refractivity contribution in [2.75, 3.05) is 37.6 Å². The van der Waals surface area contributed by atoms with Gasteiger partial charge in [-0.05, 0) is 43.5 Å². The number of nitrogens with one attached hydrogen (secondary N) is 1. The summed E-state index contributed by atoms with van der Waals surface area (Å²) in [7, 11) is 0. The average molecular weight is 284 g/mol. The van der Waals surface area contributed by atoms with Crippen molar-refractivity contribution in [3.8, 4) is 0 Å². The number of benzene rings is 1. The minimum absolute atomic E-state index is 1.08. The van der Waals surface area contributed by atoms with Gasteiger partial charge in [0, 0.05) is 38.1 Å². The van der Waals surface area contributed by atoms with Crippen LogP contribution in [0.1, 0.15) is 17.5 Å². The molecular weight excluding hydrogens is 260 g/mol. The fourth-order valence-corrected chi connectivity index (χ4v) is 3.06. The predicted octanol–water partition coefficient (Wildman–Crippen LogP) is 2.47. The number of rotatable bonds is 4. The van der Waals surface area contributed by atoms with Crippen LogP contribution in [0.4, 0.5) is 5.69 Å². The summed E-state index contributed by atoms with van der Waals surface area (Å²) in [5.41, 5.74) is 4.08. The summed E-state index contributed by atoms with van der Waals surface area (Å²) in [6.07, 6.45) is 6.25. The van der Waals surface area contributed by atoms with Crippen LogP contribution in [0.15, 0.2) is 36.7 Å². The van der Waals surface area contributed by atoms with Gasteiger partial charge < -0.3 is 9.80 Å². The highest BCUT2D eigenvalue weighted by Gasteiger charge is 2.16. The number of nitrogens with zero attached hydrogens (tertiary/aromatic N) is 3. The van der Waals surface area contributed by atoms with Gasteiger partial charge in [-0.2, -0.15) is 5.10 Å². The Morgan fingerprint density at radius 2 is 2.05 bits per heavy atom. The van der Waals surface area contributed by atoms with Crippen LogP contribution in [0, 0.1) is 6.92 Å². The van der Waals surface area contributed by atoms with Gasteiger partial charge in [-0.25, -0.2) is 0 Å². The van der Waals surface area contributed by atoms with Crippen molar-refractivity contribution in [3.05, 3.63) is 47.8 Å². The first kappa shape index (κ1) is 14.1. The van der Waals surface area contributed by atoms with E-state index >= 15 is 0 Å². The van der Waals surface area contributed by atoms with E-state index in [9.17, 15) is 0 Å². The quantitative estimate of drug-likeness (QED) is 0.937. The lowest BCUT2D eigenvalue weighted by atomic mass is 10.2. The van der Waals surface area contributed by atoms with Crippen LogP contribution in [0.3, 0.4) is 0 Å². The van der Waals surface area contributed by atoms with Gasteiger partial charge in [0.25, 0.3) is 0 Å². The van der Waals surface area contributed by atoms with Crippen LogP contribution < -0.4 is 4.90 Å². The molecule has 2 heterocycles. The smallest absolute Gasteiger partial charge is 0.0519 e. The summed E-state index contributed by atoms with van der Waals surface area (Å²) in [5.74, 6) is 0. The van der Waals surface area contributed by atoms with Crippen molar-refractivity contribution in [3.63, 3.8) is 0 Å². The Morgan fingerprint density at radius 3 is 2.86 bits per heavy atom. The second-order valence-electron chi connectivity index (χ2n) is 5.83. The van der Waals surface area contributed by atoms with Crippen LogP contribution in [0.2, 0.25) is 0 Å². The third-order valence-electron chi connectivity index (χ3n) is 4.32. The molecule has 0 amide bonds. The topological polar surface area (TPSA) is 35.2 Å². The first-order valence-corrected chi connectivity index (χ1v) is 7.83. The van der Waals surface area contributed by atoms with Gasteiger partial charge in [0.15, 0.2) is 0 Å². The molecule has 0 radical (unpaired) electrons. The van der Waals surface area contributed by atoms with Crippen LogP contribution >= 0.6 is 0 Å². The van der Waals surface area contributed by atoms with Gasteiger partial charge in [-0.1, -0.05) is 18.2 Å². The van der Waals surface area contributed by atoms with Gasteiger partial charge in [0.1, 0.15) is 0 Å². The zero-order chi connectivity index (χ0) is 14.5. The summed E-state index contributed by atoms with van der Waals surface area (Å²) in [6, 6.07) is 8.71. The highest BCUT2D eigenvalue weighted by Crippen LogP contribution is 2.20. The molecule has 4 heteroatoms. The molecule has 21 heavy (non-hydrogen) atoms. The number of anilines is 1. The molecule has 112 valence electrons. The van der Waals surface area contributed by atoms with Crippen molar-refractivity contribution in [2.45, 2.75) is 19.8 Å². The number of aromatic nitrogens is 2. The van der Waals surface area contributed by atoms with E-state index in [-0.39, 0.29) is 0 Å². The molecule has 0 aliphatic carbocycles. The Morgan fingerprint density at radius 1 is 1.14 bits per heavy atom. The van der Waals surface area contributed by atoms with Gasteiger partial charge in [0.05, 0.1) is 6.20 Å². The Balaban J connectivity index is 1.55. The van der Waals surface area contributed by atoms with E-state index < -0.39 is 0 Å². The first-order valence-electron chi connectivity index (χ1n) is 7.83. The predicted molar refractivity (Wildman–Crippen MR) is 86.7 cm³/mol. The lowest BCUT2D eigenvalue weighted by Crippen LogP contribution is -2.32. The van der Waals surface area contributed by atoms with Gasteiger partial charge in [-0.3, -0.25) is 5.10 Å². The minimum atomic E-state index is 1.08. The maximum atomic E-state index is 4.01. The molecule has 1 aromatic carbocycles. The Kier molecular flexibility index (Phi) is 4.55. The van der Waals surface area contributed by atoms with E-state index in [1.54, 1.807) is 0 Å². The molecule has 1 aromatic heterocycles. The molecule has 4 nitrogen and oxygen atoms in total. The molecule has 1 aliphatic heterocycles. The lowest BCUT2D eigenvalue weighted by Gasteiger charge is -2.25. The van der Waals surface area contributed by atoms with E-state index in [2.05, 4.69) is 51.2 Å². The number of para-hydroxylation sites is 1. The fraction of sp³-hybridized carbons (Fsp3) is 0.471. The van der Waals surface area contributed by atoms with Crippen LogP contribution in [-0.4, -0.2) is 47.8 Å². The van der Waals surface area contributed by atoms with Crippen molar-refractivity contribution >= 4 is 5.69 Å². The maximum Gasteiger partial charge on any atom is 0.0519 e. The van der Waals surface area contributed by atoms with E-state index in [1.807, 2.05) is 12.4 Å². The molecule has 1 aliphatic rings. The molecule has 0 atom stereocenters. The third-order valence-corrected chi connectivity index (χ3v) is 4.32. The molecule has 3 rings (SSSR count). The molecule has 0 spiro atoms. The van der Waals surface area contributed by atoms with Crippen molar-refractivity contribution < 1.29 is 0 Å². The van der Waals surface area contributed by atoms with E-state index in [0.717, 1.165) is 32.6 Å². The van der Waals surface area contributed by atoms with Crippen molar-refractivity contribution in [1.82, 2.24) is 15.1 Å². The summed E-state index contributed by atoms with van der Waals surface area (Å²) in [5, 5.41) is 6.90. The van der Waals surface area contributed by atoms with Crippen LogP contribution in [0.5, 0.6) is 0 Å². The van der Waals surface area contributed by atoms with Crippen LogP contribution in [0.25, 0.3) is 0 Å². The zero-order valence-electron chi connectivity index (χ0n) is 12.8. The number of hydrogen-bond donors (Lipinski definition) is 1. The molecule has 0 saturated carbocycles. The summed E-state index contributed by atoms with van der Waals surface area (Å²) in [4.78, 5) is 5.11. The summed E-state index contributed by atoms with van der Waals surface area (Å²) in [6.45, 7) is 7.95. The van der Waals surface area contributed by atoms with Crippen molar-refractivity contribution in [1.29, 1.82) is 0 Å². The standard InChI is InChI=1S/C17H24N4/c1-15-5-2-3-6-17(15)21-9-4-8-20(11-12-21)10-7-16-13-18-19-14-16/h2-3,5-6,13-14H,4,7-12H2,1H3,(H,18,19). The van der Waals surface area contributed by atoms with Gasteiger partial charge in [0.2, 0.25) is 0 Å². The Hall–Kier alpha value is -1.81. The highest BCUT2D eigenvalue weighted by atomic mass is 15.2. The maximum absolute atomic E-state index is 4.01. The fourth-order valence-electron chi connectivity index (χ4n) is 3.06. The molecule has 1 N–H and O–H groups in total.